The Morgan fingerprint density at radius 1 is 1.31 bits per heavy atom. The van der Waals surface area contributed by atoms with Gasteiger partial charge in [-0.2, -0.15) is 0 Å². The molecule has 0 saturated heterocycles. The predicted molar refractivity (Wildman–Crippen MR) is 54.5 cm³/mol. The quantitative estimate of drug-likeness (QED) is 0.623. The van der Waals surface area contributed by atoms with Gasteiger partial charge in [0.05, 0.1) is 6.54 Å². The maximum Gasteiger partial charge on any atom is 0.236 e. The van der Waals surface area contributed by atoms with E-state index < -0.39 is 0 Å². The largest absolute Gasteiger partial charge is 0.342 e. The lowest BCUT2D eigenvalue weighted by Crippen LogP contribution is -2.40. The van der Waals surface area contributed by atoms with Crippen LogP contribution >= 0.6 is 0 Å². The average molecular weight is 187 g/mol. The number of carbonyl (C=O) groups excluding carboxylic acids is 1. The molecule has 13 heavy (non-hydrogen) atoms. The first kappa shape index (κ1) is 12.4. The van der Waals surface area contributed by atoms with E-state index >= 15 is 0 Å². The van der Waals surface area contributed by atoms with Crippen LogP contribution < -0.4 is 5.73 Å². The van der Waals surface area contributed by atoms with Crippen molar-refractivity contribution in [2.24, 2.45) is 5.73 Å². The maximum absolute atomic E-state index is 11.5. The van der Waals surface area contributed by atoms with Crippen molar-refractivity contribution in [2.45, 2.75) is 13.8 Å². The van der Waals surface area contributed by atoms with Gasteiger partial charge in [-0.3, -0.25) is 9.69 Å². The fourth-order valence-electron chi connectivity index (χ4n) is 1.21. The molecule has 0 aliphatic rings. The number of hydrogen-bond acceptors (Lipinski definition) is 3. The van der Waals surface area contributed by atoms with Crippen LogP contribution in [0.25, 0.3) is 0 Å². The number of amides is 1. The Morgan fingerprint density at radius 2 is 1.85 bits per heavy atom. The third kappa shape index (κ3) is 4.85. The van der Waals surface area contributed by atoms with Gasteiger partial charge >= 0.3 is 0 Å². The lowest BCUT2D eigenvalue weighted by molar-refractivity contribution is -0.131. The summed E-state index contributed by atoms with van der Waals surface area (Å²) in [4.78, 5) is 15.3. The van der Waals surface area contributed by atoms with Gasteiger partial charge in [-0.05, 0) is 20.9 Å². The number of carbonyl (C=O) groups is 1. The molecule has 2 N–H and O–H groups in total. The third-order valence-corrected chi connectivity index (χ3v) is 2.03. The van der Waals surface area contributed by atoms with E-state index in [9.17, 15) is 4.79 Å². The number of nitrogens with zero attached hydrogens (tertiary/aromatic N) is 2. The summed E-state index contributed by atoms with van der Waals surface area (Å²) in [7, 11) is 1.91. The molecule has 78 valence electrons. The summed E-state index contributed by atoms with van der Waals surface area (Å²) in [6, 6.07) is 0. The van der Waals surface area contributed by atoms with Gasteiger partial charge in [-0.25, -0.2) is 0 Å². The molecule has 0 aromatic rings. The number of hydrogen-bond donors (Lipinski definition) is 1. The van der Waals surface area contributed by atoms with Crippen molar-refractivity contribution in [1.29, 1.82) is 0 Å². The zero-order chi connectivity index (χ0) is 10.3. The minimum atomic E-state index is 0.181. The van der Waals surface area contributed by atoms with Crippen molar-refractivity contribution in [2.75, 3.05) is 39.8 Å². The molecule has 0 rings (SSSR count). The van der Waals surface area contributed by atoms with Crippen LogP contribution in [0, 0.1) is 0 Å². The minimum Gasteiger partial charge on any atom is -0.342 e. The molecule has 0 aliphatic carbocycles. The van der Waals surface area contributed by atoms with E-state index in [-0.39, 0.29) is 5.91 Å². The van der Waals surface area contributed by atoms with Gasteiger partial charge < -0.3 is 10.6 Å². The molecule has 0 radical (unpaired) electrons. The van der Waals surface area contributed by atoms with Gasteiger partial charge in [0.2, 0.25) is 5.91 Å². The molecular weight excluding hydrogens is 166 g/mol. The molecule has 0 aromatic heterocycles. The van der Waals surface area contributed by atoms with Crippen LogP contribution in [0.4, 0.5) is 0 Å². The van der Waals surface area contributed by atoms with Crippen molar-refractivity contribution in [3.05, 3.63) is 0 Å². The highest BCUT2D eigenvalue weighted by atomic mass is 16.2. The van der Waals surface area contributed by atoms with Crippen LogP contribution in [0.1, 0.15) is 13.8 Å². The normalized spacial score (nSPS) is 10.5. The van der Waals surface area contributed by atoms with Crippen LogP contribution in [0.3, 0.4) is 0 Å². The van der Waals surface area contributed by atoms with Crippen molar-refractivity contribution in [3.8, 4) is 0 Å². The molecule has 0 saturated carbocycles. The second-order valence-electron chi connectivity index (χ2n) is 3.09. The molecule has 0 spiro atoms. The zero-order valence-corrected chi connectivity index (χ0v) is 8.92. The molecule has 0 atom stereocenters. The fourth-order valence-corrected chi connectivity index (χ4v) is 1.21. The Balaban J connectivity index is 3.83. The molecule has 1 amide bonds. The summed E-state index contributed by atoms with van der Waals surface area (Å²) in [5.41, 5.74) is 5.38. The zero-order valence-electron chi connectivity index (χ0n) is 8.92. The van der Waals surface area contributed by atoms with Gasteiger partial charge in [0.1, 0.15) is 0 Å². The van der Waals surface area contributed by atoms with Gasteiger partial charge in [-0.1, -0.05) is 0 Å². The molecule has 0 unspecified atom stereocenters. The molecular formula is C9H21N3O. The Kier molecular flexibility index (Phi) is 6.54. The Labute approximate surface area is 80.7 Å². The minimum absolute atomic E-state index is 0.181. The van der Waals surface area contributed by atoms with Gasteiger partial charge in [0, 0.05) is 26.2 Å². The van der Waals surface area contributed by atoms with E-state index in [2.05, 4.69) is 0 Å². The average Bonchev–Trinajstić information content (AvgIpc) is 2.06. The molecule has 0 heterocycles. The van der Waals surface area contributed by atoms with Crippen LogP contribution in [0.15, 0.2) is 0 Å². The third-order valence-electron chi connectivity index (χ3n) is 2.03. The van der Waals surface area contributed by atoms with Crippen molar-refractivity contribution in [1.82, 2.24) is 9.80 Å². The smallest absolute Gasteiger partial charge is 0.236 e. The van der Waals surface area contributed by atoms with Crippen molar-refractivity contribution < 1.29 is 4.79 Å². The molecule has 0 aromatic carbocycles. The van der Waals surface area contributed by atoms with Crippen LogP contribution in [-0.2, 0) is 4.79 Å². The topological polar surface area (TPSA) is 49.6 Å². The Morgan fingerprint density at radius 3 is 2.23 bits per heavy atom. The first-order valence-corrected chi connectivity index (χ1v) is 4.82. The highest BCUT2D eigenvalue weighted by molar-refractivity contribution is 5.78. The Hall–Kier alpha value is -0.610. The van der Waals surface area contributed by atoms with E-state index in [1.54, 1.807) is 0 Å². The first-order chi connectivity index (χ1) is 6.15. The highest BCUT2D eigenvalue weighted by Gasteiger charge is 2.11. The summed E-state index contributed by atoms with van der Waals surface area (Å²) in [5.74, 6) is 0.181. The van der Waals surface area contributed by atoms with E-state index in [1.807, 2.05) is 30.7 Å². The summed E-state index contributed by atoms with van der Waals surface area (Å²) >= 11 is 0. The standard InChI is InChI=1S/C9H21N3O/c1-4-12(5-2)9(13)8-11(3)7-6-10/h4-8,10H2,1-3H3. The number of likely N-dealkylation sites (N-methyl/N-ethyl adjacent to an activating group) is 2. The monoisotopic (exact) mass is 187 g/mol. The SMILES string of the molecule is CCN(CC)C(=O)CN(C)CCN. The maximum atomic E-state index is 11.5. The fraction of sp³-hybridized carbons (Fsp3) is 0.889. The van der Waals surface area contributed by atoms with Gasteiger partial charge in [0.15, 0.2) is 0 Å². The van der Waals surface area contributed by atoms with E-state index in [0.29, 0.717) is 13.1 Å². The lowest BCUT2D eigenvalue weighted by atomic mass is 10.4. The van der Waals surface area contributed by atoms with E-state index in [1.165, 1.54) is 0 Å². The first-order valence-electron chi connectivity index (χ1n) is 4.82. The molecule has 4 nitrogen and oxygen atoms in total. The summed E-state index contributed by atoms with van der Waals surface area (Å²) in [6.07, 6.45) is 0. The van der Waals surface area contributed by atoms with E-state index in [0.717, 1.165) is 19.6 Å². The van der Waals surface area contributed by atoms with E-state index in [4.69, 9.17) is 5.73 Å². The van der Waals surface area contributed by atoms with Crippen molar-refractivity contribution in [3.63, 3.8) is 0 Å². The number of rotatable bonds is 6. The van der Waals surface area contributed by atoms with Crippen molar-refractivity contribution >= 4 is 5.91 Å². The van der Waals surface area contributed by atoms with Crippen LogP contribution in [0.5, 0.6) is 0 Å². The molecule has 4 heteroatoms. The molecule has 0 fully saturated rings. The molecule has 0 aliphatic heterocycles. The predicted octanol–water partition coefficient (Wildman–Crippen LogP) is -0.255. The lowest BCUT2D eigenvalue weighted by Gasteiger charge is -2.22. The second kappa shape index (κ2) is 6.86. The summed E-state index contributed by atoms with van der Waals surface area (Å²) in [6.45, 7) is 7.39. The van der Waals surface area contributed by atoms with Crippen LogP contribution in [0.2, 0.25) is 0 Å². The highest BCUT2D eigenvalue weighted by Crippen LogP contribution is 1.91. The van der Waals surface area contributed by atoms with Gasteiger partial charge in [0.25, 0.3) is 0 Å². The second-order valence-corrected chi connectivity index (χ2v) is 3.09. The van der Waals surface area contributed by atoms with Gasteiger partial charge in [-0.15, -0.1) is 0 Å². The van der Waals surface area contributed by atoms with Crippen LogP contribution in [-0.4, -0.2) is 55.5 Å². The summed E-state index contributed by atoms with van der Waals surface area (Å²) in [5, 5.41) is 0. The molecule has 0 bridgehead atoms. The Bertz CT molecular complexity index is 146. The number of nitrogens with two attached hydrogens (primary N) is 1. The summed E-state index contributed by atoms with van der Waals surface area (Å²) < 4.78 is 0.